The summed E-state index contributed by atoms with van der Waals surface area (Å²) in [6.07, 6.45) is 0.392. The number of methoxy groups -OCH3 is 1. The van der Waals surface area contributed by atoms with Crippen LogP contribution in [0.5, 0.6) is 0 Å². The molecule has 0 fully saturated rings. The summed E-state index contributed by atoms with van der Waals surface area (Å²) < 4.78 is 5.11. The molecule has 0 radical (unpaired) electrons. The lowest BCUT2D eigenvalue weighted by Gasteiger charge is -2.47. The highest BCUT2D eigenvalue weighted by molar-refractivity contribution is 6.31. The Hall–Kier alpha value is -2.95. The number of halogens is 1. The molecule has 0 saturated carbocycles. The van der Waals surface area contributed by atoms with Crippen LogP contribution in [-0.2, 0) is 19.7 Å². The second-order valence-electron chi connectivity index (χ2n) is 6.80. The van der Waals surface area contributed by atoms with Crippen LogP contribution in [0.4, 0.5) is 0 Å². The molecule has 0 aliphatic carbocycles. The van der Waals surface area contributed by atoms with Gasteiger partial charge in [-0.2, -0.15) is 0 Å². The highest BCUT2D eigenvalue weighted by Gasteiger charge is 2.58. The van der Waals surface area contributed by atoms with Gasteiger partial charge in [-0.05, 0) is 22.8 Å². The molecule has 1 unspecified atom stereocenters. The average Bonchev–Trinajstić information content (AvgIpc) is 2.76. The fraction of sp³-hybridized carbons (Fsp3) is 0.167. The molecule has 1 atom stereocenters. The normalized spacial score (nSPS) is 13.3. The number of esters is 1. The molecule has 0 amide bonds. The summed E-state index contributed by atoms with van der Waals surface area (Å²) in [5, 5.41) is 0.435. The first kappa shape index (κ1) is 20.8. The first-order valence-corrected chi connectivity index (χ1v) is 9.57. The second kappa shape index (κ2) is 8.60. The van der Waals surface area contributed by atoms with Gasteiger partial charge in [0.1, 0.15) is 11.8 Å². The molecule has 3 aromatic rings. The van der Waals surface area contributed by atoms with Crippen LogP contribution in [0.15, 0.2) is 84.9 Å². The summed E-state index contributed by atoms with van der Waals surface area (Å²) in [7, 11) is 1.27. The van der Waals surface area contributed by atoms with Gasteiger partial charge in [-0.15, -0.1) is 0 Å². The molecule has 3 aromatic carbocycles. The summed E-state index contributed by atoms with van der Waals surface area (Å²) in [6, 6.07) is 25.9. The zero-order chi connectivity index (χ0) is 20.9. The molecule has 2 N–H and O–H groups in total. The maximum absolute atomic E-state index is 13.2. The van der Waals surface area contributed by atoms with Crippen LogP contribution in [0.3, 0.4) is 0 Å². The van der Waals surface area contributed by atoms with Crippen molar-refractivity contribution in [3.63, 3.8) is 0 Å². The molecule has 4 nitrogen and oxygen atoms in total. The SMILES string of the molecule is COC(=O)C(N)(CC=O)C(c1ccccc1)(c1ccccc1)c1ccccc1Cl. The van der Waals surface area contributed by atoms with Crippen LogP contribution in [-0.4, -0.2) is 24.9 Å². The van der Waals surface area contributed by atoms with Gasteiger partial charge in [0.2, 0.25) is 0 Å². The van der Waals surface area contributed by atoms with Crippen LogP contribution in [0.2, 0.25) is 5.02 Å². The monoisotopic (exact) mass is 407 g/mol. The maximum atomic E-state index is 13.2. The Morgan fingerprint density at radius 1 is 0.931 bits per heavy atom. The summed E-state index contributed by atoms with van der Waals surface area (Å²) >= 11 is 6.67. The van der Waals surface area contributed by atoms with E-state index in [0.717, 1.165) is 11.1 Å². The third kappa shape index (κ3) is 3.35. The van der Waals surface area contributed by atoms with E-state index in [2.05, 4.69) is 0 Å². The molecule has 148 valence electrons. The number of hydrogen-bond donors (Lipinski definition) is 1. The molecule has 5 heteroatoms. The molecule has 0 heterocycles. The predicted molar refractivity (Wildman–Crippen MR) is 114 cm³/mol. The van der Waals surface area contributed by atoms with Gasteiger partial charge < -0.3 is 15.3 Å². The molecular formula is C24H22ClNO3. The average molecular weight is 408 g/mol. The number of carbonyl (C=O) groups excluding carboxylic acids is 2. The maximum Gasteiger partial charge on any atom is 0.327 e. The van der Waals surface area contributed by atoms with Gasteiger partial charge in [0.25, 0.3) is 0 Å². The van der Waals surface area contributed by atoms with Crippen molar-refractivity contribution in [1.29, 1.82) is 0 Å². The number of ether oxygens (including phenoxy) is 1. The van der Waals surface area contributed by atoms with E-state index in [1.807, 2.05) is 78.9 Å². The van der Waals surface area contributed by atoms with E-state index in [1.54, 1.807) is 6.07 Å². The third-order valence-corrected chi connectivity index (χ3v) is 5.65. The molecule has 0 spiro atoms. The van der Waals surface area contributed by atoms with Gasteiger partial charge in [0, 0.05) is 11.4 Å². The standard InChI is InChI=1S/C24H22ClNO3/c1-29-22(28)23(26,16-17-27)24(18-10-4-2-5-11-18,19-12-6-3-7-13-19)20-14-8-9-15-21(20)25/h2-15,17H,16,26H2,1H3. The molecule has 29 heavy (non-hydrogen) atoms. The largest absolute Gasteiger partial charge is 0.468 e. The number of hydrogen-bond acceptors (Lipinski definition) is 4. The Kier molecular flexibility index (Phi) is 6.16. The summed E-state index contributed by atoms with van der Waals surface area (Å²) in [4.78, 5) is 24.9. The van der Waals surface area contributed by atoms with Gasteiger partial charge in [-0.3, -0.25) is 0 Å². The number of rotatable bonds is 7. The van der Waals surface area contributed by atoms with E-state index in [4.69, 9.17) is 22.1 Å². The fourth-order valence-corrected chi connectivity index (χ4v) is 4.36. The lowest BCUT2D eigenvalue weighted by atomic mass is 9.57. The van der Waals surface area contributed by atoms with Gasteiger partial charge in [0.05, 0.1) is 12.5 Å². The number of nitrogens with two attached hydrogens (primary N) is 1. The highest BCUT2D eigenvalue weighted by Crippen LogP contribution is 2.50. The van der Waals surface area contributed by atoms with Crippen molar-refractivity contribution >= 4 is 23.9 Å². The molecule has 0 aliphatic heterocycles. The number of aldehydes is 1. The number of benzene rings is 3. The topological polar surface area (TPSA) is 69.4 Å². The second-order valence-corrected chi connectivity index (χ2v) is 7.20. The Bertz CT molecular complexity index is 952. The molecule has 3 rings (SSSR count). The van der Waals surface area contributed by atoms with Crippen molar-refractivity contribution in [3.8, 4) is 0 Å². The van der Waals surface area contributed by atoms with Gasteiger partial charge in [-0.25, -0.2) is 4.79 Å². The van der Waals surface area contributed by atoms with E-state index >= 15 is 0 Å². The van der Waals surface area contributed by atoms with Crippen LogP contribution in [0, 0.1) is 0 Å². The molecule has 0 bridgehead atoms. The Labute approximate surface area is 175 Å². The molecule has 0 saturated heterocycles. The minimum atomic E-state index is -1.74. The minimum Gasteiger partial charge on any atom is -0.468 e. The van der Waals surface area contributed by atoms with Crippen LogP contribution in [0.1, 0.15) is 23.1 Å². The molecular weight excluding hydrogens is 386 g/mol. The lowest BCUT2D eigenvalue weighted by Crippen LogP contribution is -2.65. The fourth-order valence-electron chi connectivity index (χ4n) is 4.08. The Morgan fingerprint density at radius 2 is 1.41 bits per heavy atom. The Morgan fingerprint density at radius 3 is 1.86 bits per heavy atom. The van der Waals surface area contributed by atoms with E-state index < -0.39 is 16.9 Å². The predicted octanol–water partition coefficient (Wildman–Crippen LogP) is 4.13. The lowest BCUT2D eigenvalue weighted by molar-refractivity contribution is -0.150. The van der Waals surface area contributed by atoms with E-state index in [9.17, 15) is 9.59 Å². The van der Waals surface area contributed by atoms with Crippen LogP contribution >= 0.6 is 11.6 Å². The Balaban J connectivity index is 2.56. The zero-order valence-corrected chi connectivity index (χ0v) is 16.8. The van der Waals surface area contributed by atoms with Crippen molar-refractivity contribution in [2.45, 2.75) is 17.4 Å². The summed E-state index contributed by atoms with van der Waals surface area (Å²) in [5.74, 6) is -0.697. The van der Waals surface area contributed by atoms with Crippen molar-refractivity contribution in [3.05, 3.63) is 107 Å². The van der Waals surface area contributed by atoms with E-state index in [0.29, 0.717) is 16.9 Å². The number of carbonyl (C=O) groups is 2. The minimum absolute atomic E-state index is 0.255. The highest BCUT2D eigenvalue weighted by atomic mass is 35.5. The summed E-state index contributed by atoms with van der Waals surface area (Å²) in [6.45, 7) is 0. The zero-order valence-electron chi connectivity index (χ0n) is 16.0. The first-order valence-electron chi connectivity index (χ1n) is 9.19. The van der Waals surface area contributed by atoms with Gasteiger partial charge in [-0.1, -0.05) is 90.5 Å². The van der Waals surface area contributed by atoms with Gasteiger partial charge in [0.15, 0.2) is 0 Å². The molecule has 0 aromatic heterocycles. The van der Waals surface area contributed by atoms with E-state index in [1.165, 1.54) is 7.11 Å². The third-order valence-electron chi connectivity index (χ3n) is 5.32. The summed E-state index contributed by atoms with van der Waals surface area (Å²) in [5.41, 5.74) is 5.92. The molecule has 0 aliphatic rings. The smallest absolute Gasteiger partial charge is 0.327 e. The van der Waals surface area contributed by atoms with Crippen molar-refractivity contribution in [2.75, 3.05) is 7.11 Å². The van der Waals surface area contributed by atoms with Crippen molar-refractivity contribution in [1.82, 2.24) is 0 Å². The van der Waals surface area contributed by atoms with Crippen molar-refractivity contribution in [2.24, 2.45) is 5.73 Å². The first-order chi connectivity index (χ1) is 14.0. The van der Waals surface area contributed by atoms with E-state index in [-0.39, 0.29) is 6.42 Å². The van der Waals surface area contributed by atoms with Crippen molar-refractivity contribution < 1.29 is 14.3 Å². The van der Waals surface area contributed by atoms with Crippen LogP contribution < -0.4 is 5.73 Å². The quantitative estimate of drug-likeness (QED) is 0.363. The van der Waals surface area contributed by atoms with Crippen LogP contribution in [0.25, 0.3) is 0 Å². The van der Waals surface area contributed by atoms with Gasteiger partial charge >= 0.3 is 5.97 Å².